The van der Waals surface area contributed by atoms with Gasteiger partial charge in [0.2, 0.25) is 0 Å². The third kappa shape index (κ3) is 3.40. The first-order valence-electron chi connectivity index (χ1n) is 5.43. The first-order chi connectivity index (χ1) is 8.65. The molecule has 0 fully saturated rings. The van der Waals surface area contributed by atoms with Gasteiger partial charge in [0, 0.05) is 16.6 Å². The molecule has 0 aliphatic heterocycles. The van der Waals surface area contributed by atoms with Crippen molar-refractivity contribution in [2.75, 3.05) is 0 Å². The Bertz CT molecular complexity index is 571. The quantitative estimate of drug-likeness (QED) is 0.923. The maximum atomic E-state index is 12.9. The van der Waals surface area contributed by atoms with Crippen molar-refractivity contribution in [3.8, 4) is 0 Å². The molecule has 2 aromatic rings. The molecule has 4 heteroatoms. The predicted molar refractivity (Wildman–Crippen MR) is 71.7 cm³/mol. The monoisotopic (exact) mass is 307 g/mol. The van der Waals surface area contributed by atoms with E-state index in [4.69, 9.17) is 0 Å². The van der Waals surface area contributed by atoms with E-state index in [-0.39, 0.29) is 11.7 Å². The Hall–Kier alpha value is -1.68. The molecular formula is C14H11BrFNO. The number of benzene rings is 2. The fourth-order valence-electron chi connectivity index (χ4n) is 1.56. The molecule has 0 saturated carbocycles. The smallest absolute Gasteiger partial charge is 0.251 e. The second-order valence-electron chi connectivity index (χ2n) is 3.82. The van der Waals surface area contributed by atoms with Crippen LogP contribution in [0.2, 0.25) is 0 Å². The summed E-state index contributed by atoms with van der Waals surface area (Å²) in [4.78, 5) is 11.8. The summed E-state index contributed by atoms with van der Waals surface area (Å²) in [6.07, 6.45) is 0. The molecule has 18 heavy (non-hydrogen) atoms. The Labute approximate surface area is 113 Å². The molecule has 0 saturated heterocycles. The van der Waals surface area contributed by atoms with Crippen molar-refractivity contribution in [3.05, 3.63) is 69.9 Å². The molecule has 0 radical (unpaired) electrons. The molecule has 2 aromatic carbocycles. The topological polar surface area (TPSA) is 29.1 Å². The number of nitrogens with one attached hydrogen (secondary N) is 1. The van der Waals surface area contributed by atoms with Crippen LogP contribution in [0.5, 0.6) is 0 Å². The van der Waals surface area contributed by atoms with Gasteiger partial charge in [-0.15, -0.1) is 0 Å². The molecule has 0 aliphatic rings. The fraction of sp³-hybridized carbons (Fsp3) is 0.0714. The molecular weight excluding hydrogens is 297 g/mol. The Morgan fingerprint density at radius 1 is 1.17 bits per heavy atom. The van der Waals surface area contributed by atoms with Crippen molar-refractivity contribution in [2.24, 2.45) is 0 Å². The molecule has 2 nitrogen and oxygen atoms in total. The zero-order valence-electron chi connectivity index (χ0n) is 9.49. The number of hydrogen-bond acceptors (Lipinski definition) is 1. The highest BCUT2D eigenvalue weighted by Crippen LogP contribution is 2.11. The second kappa shape index (κ2) is 5.78. The van der Waals surface area contributed by atoms with Crippen LogP contribution >= 0.6 is 15.9 Å². The number of halogens is 2. The van der Waals surface area contributed by atoms with Gasteiger partial charge in [0.1, 0.15) is 5.82 Å². The summed E-state index contributed by atoms with van der Waals surface area (Å²) in [5.74, 6) is -0.482. The standard InChI is InChI=1S/C14H11BrFNO/c15-12-5-2-4-11(8-12)14(18)17-9-10-3-1-6-13(16)7-10/h1-8H,9H2,(H,17,18). The molecule has 0 atom stereocenters. The minimum Gasteiger partial charge on any atom is -0.348 e. The van der Waals surface area contributed by atoms with Gasteiger partial charge in [0.15, 0.2) is 0 Å². The summed E-state index contributed by atoms with van der Waals surface area (Å²) in [5, 5.41) is 2.74. The van der Waals surface area contributed by atoms with Crippen LogP contribution in [0, 0.1) is 5.82 Å². The minimum absolute atomic E-state index is 0.180. The van der Waals surface area contributed by atoms with E-state index < -0.39 is 0 Å². The van der Waals surface area contributed by atoms with Crippen LogP contribution in [-0.2, 0) is 6.54 Å². The van der Waals surface area contributed by atoms with Gasteiger partial charge >= 0.3 is 0 Å². The van der Waals surface area contributed by atoms with Gasteiger partial charge < -0.3 is 5.32 Å². The van der Waals surface area contributed by atoms with Crippen LogP contribution in [0.4, 0.5) is 4.39 Å². The summed E-state index contributed by atoms with van der Waals surface area (Å²) >= 11 is 3.31. The van der Waals surface area contributed by atoms with Crippen LogP contribution in [0.15, 0.2) is 53.0 Å². The van der Waals surface area contributed by atoms with E-state index in [2.05, 4.69) is 21.2 Å². The highest BCUT2D eigenvalue weighted by atomic mass is 79.9. The van der Waals surface area contributed by atoms with Crippen molar-refractivity contribution in [1.82, 2.24) is 5.32 Å². The normalized spacial score (nSPS) is 10.1. The highest BCUT2D eigenvalue weighted by molar-refractivity contribution is 9.10. The lowest BCUT2D eigenvalue weighted by Crippen LogP contribution is -2.22. The predicted octanol–water partition coefficient (Wildman–Crippen LogP) is 3.52. The van der Waals surface area contributed by atoms with E-state index in [9.17, 15) is 9.18 Å². The minimum atomic E-state index is -0.302. The SMILES string of the molecule is O=C(NCc1cccc(F)c1)c1cccc(Br)c1. The van der Waals surface area contributed by atoms with E-state index in [1.807, 2.05) is 6.07 Å². The Kier molecular flexibility index (Phi) is 4.10. The number of amides is 1. The Morgan fingerprint density at radius 3 is 2.67 bits per heavy atom. The van der Waals surface area contributed by atoms with Crippen molar-refractivity contribution in [1.29, 1.82) is 0 Å². The molecule has 1 amide bonds. The van der Waals surface area contributed by atoms with Crippen molar-refractivity contribution < 1.29 is 9.18 Å². The lowest BCUT2D eigenvalue weighted by molar-refractivity contribution is 0.0951. The van der Waals surface area contributed by atoms with Gasteiger partial charge in [-0.25, -0.2) is 4.39 Å². The third-order valence-electron chi connectivity index (χ3n) is 2.43. The van der Waals surface area contributed by atoms with E-state index >= 15 is 0 Å². The molecule has 0 spiro atoms. The molecule has 0 aromatic heterocycles. The molecule has 2 rings (SSSR count). The fourth-order valence-corrected chi connectivity index (χ4v) is 1.96. The van der Waals surface area contributed by atoms with Crippen LogP contribution in [0.1, 0.15) is 15.9 Å². The Morgan fingerprint density at radius 2 is 1.94 bits per heavy atom. The van der Waals surface area contributed by atoms with Gasteiger partial charge in [-0.1, -0.05) is 34.1 Å². The third-order valence-corrected chi connectivity index (χ3v) is 2.92. The maximum Gasteiger partial charge on any atom is 0.251 e. The second-order valence-corrected chi connectivity index (χ2v) is 4.74. The molecule has 1 N–H and O–H groups in total. The highest BCUT2D eigenvalue weighted by Gasteiger charge is 2.05. The van der Waals surface area contributed by atoms with Gasteiger partial charge in [-0.05, 0) is 35.9 Å². The van der Waals surface area contributed by atoms with Crippen LogP contribution in [0.25, 0.3) is 0 Å². The summed E-state index contributed by atoms with van der Waals surface area (Å²) < 4.78 is 13.8. The van der Waals surface area contributed by atoms with Gasteiger partial charge in [0.25, 0.3) is 5.91 Å². The van der Waals surface area contributed by atoms with Crippen molar-refractivity contribution in [2.45, 2.75) is 6.54 Å². The van der Waals surface area contributed by atoms with Crippen molar-refractivity contribution in [3.63, 3.8) is 0 Å². The zero-order chi connectivity index (χ0) is 13.0. The zero-order valence-corrected chi connectivity index (χ0v) is 11.1. The summed E-state index contributed by atoms with van der Waals surface area (Å²) in [6.45, 7) is 0.309. The average Bonchev–Trinajstić information content (AvgIpc) is 2.36. The van der Waals surface area contributed by atoms with Crippen molar-refractivity contribution >= 4 is 21.8 Å². The number of rotatable bonds is 3. The first kappa shape index (κ1) is 12.8. The largest absolute Gasteiger partial charge is 0.348 e. The number of carbonyl (C=O) groups is 1. The lowest BCUT2D eigenvalue weighted by atomic mass is 10.2. The van der Waals surface area contributed by atoms with E-state index in [1.54, 1.807) is 30.3 Å². The average molecular weight is 308 g/mol. The summed E-state index contributed by atoms with van der Waals surface area (Å²) in [5.41, 5.74) is 1.30. The maximum absolute atomic E-state index is 12.9. The first-order valence-corrected chi connectivity index (χ1v) is 6.22. The van der Waals surface area contributed by atoms with E-state index in [0.717, 1.165) is 10.0 Å². The van der Waals surface area contributed by atoms with Gasteiger partial charge in [-0.2, -0.15) is 0 Å². The van der Waals surface area contributed by atoms with E-state index in [1.165, 1.54) is 12.1 Å². The van der Waals surface area contributed by atoms with Gasteiger partial charge in [-0.3, -0.25) is 4.79 Å². The number of carbonyl (C=O) groups excluding carboxylic acids is 1. The summed E-state index contributed by atoms with van der Waals surface area (Å²) in [7, 11) is 0. The molecule has 0 heterocycles. The Balaban J connectivity index is 2.00. The number of hydrogen-bond donors (Lipinski definition) is 1. The molecule has 0 bridgehead atoms. The van der Waals surface area contributed by atoms with E-state index in [0.29, 0.717) is 12.1 Å². The molecule has 0 aliphatic carbocycles. The summed E-state index contributed by atoms with van der Waals surface area (Å²) in [6, 6.07) is 13.3. The van der Waals surface area contributed by atoms with Crippen LogP contribution in [0.3, 0.4) is 0 Å². The van der Waals surface area contributed by atoms with Gasteiger partial charge in [0.05, 0.1) is 0 Å². The van der Waals surface area contributed by atoms with Crippen LogP contribution < -0.4 is 5.32 Å². The molecule has 92 valence electrons. The lowest BCUT2D eigenvalue weighted by Gasteiger charge is -2.05. The molecule has 0 unspecified atom stereocenters. The van der Waals surface area contributed by atoms with Crippen LogP contribution in [-0.4, -0.2) is 5.91 Å².